The first-order chi connectivity index (χ1) is 9.45. The van der Waals surface area contributed by atoms with Gasteiger partial charge >= 0.3 is 0 Å². The zero-order valence-electron chi connectivity index (χ0n) is 10.8. The lowest BCUT2D eigenvalue weighted by Gasteiger charge is -2.09. The Morgan fingerprint density at radius 1 is 1.30 bits per heavy atom. The summed E-state index contributed by atoms with van der Waals surface area (Å²) in [5, 5.41) is 11.9. The SMILES string of the molecule is Cc1cc(Br)c(F)cc1NC(=O)Cc1ccc(O)cc1. The van der Waals surface area contributed by atoms with Crippen LogP contribution in [-0.4, -0.2) is 11.0 Å². The van der Waals surface area contributed by atoms with Crippen LogP contribution in [0.1, 0.15) is 11.1 Å². The van der Waals surface area contributed by atoms with Crippen molar-refractivity contribution in [2.45, 2.75) is 13.3 Å². The fraction of sp³-hybridized carbons (Fsp3) is 0.133. The average molecular weight is 338 g/mol. The highest BCUT2D eigenvalue weighted by atomic mass is 79.9. The molecule has 0 aliphatic carbocycles. The van der Waals surface area contributed by atoms with Crippen molar-refractivity contribution in [1.29, 1.82) is 0 Å². The maximum Gasteiger partial charge on any atom is 0.228 e. The summed E-state index contributed by atoms with van der Waals surface area (Å²) in [5.74, 6) is -0.504. The van der Waals surface area contributed by atoms with Gasteiger partial charge in [0.2, 0.25) is 5.91 Å². The van der Waals surface area contributed by atoms with Crippen molar-refractivity contribution in [3.05, 3.63) is 57.8 Å². The molecule has 5 heteroatoms. The van der Waals surface area contributed by atoms with E-state index in [1.165, 1.54) is 18.2 Å². The number of hydrogen-bond donors (Lipinski definition) is 2. The Morgan fingerprint density at radius 3 is 2.60 bits per heavy atom. The number of aryl methyl sites for hydroxylation is 1. The smallest absolute Gasteiger partial charge is 0.228 e. The van der Waals surface area contributed by atoms with Crippen molar-refractivity contribution in [2.24, 2.45) is 0 Å². The molecule has 0 aromatic heterocycles. The number of aromatic hydroxyl groups is 1. The van der Waals surface area contributed by atoms with E-state index in [1.807, 2.05) is 0 Å². The van der Waals surface area contributed by atoms with Crippen LogP contribution in [0.5, 0.6) is 5.75 Å². The predicted octanol–water partition coefficient (Wildman–Crippen LogP) is 3.78. The normalized spacial score (nSPS) is 10.3. The quantitative estimate of drug-likeness (QED) is 0.895. The van der Waals surface area contributed by atoms with Crippen LogP contribution in [0.4, 0.5) is 10.1 Å². The Labute approximate surface area is 124 Å². The van der Waals surface area contributed by atoms with E-state index in [0.717, 1.165) is 11.1 Å². The van der Waals surface area contributed by atoms with Gasteiger partial charge in [-0.2, -0.15) is 0 Å². The molecule has 2 N–H and O–H groups in total. The summed E-state index contributed by atoms with van der Waals surface area (Å²) in [6.07, 6.45) is 0.164. The number of rotatable bonds is 3. The van der Waals surface area contributed by atoms with Crippen LogP contribution in [0.2, 0.25) is 0 Å². The molecular weight excluding hydrogens is 325 g/mol. The number of halogens is 2. The van der Waals surface area contributed by atoms with Crippen molar-refractivity contribution in [3.8, 4) is 5.75 Å². The minimum Gasteiger partial charge on any atom is -0.508 e. The molecule has 0 spiro atoms. The number of carbonyl (C=O) groups is 1. The average Bonchev–Trinajstić information content (AvgIpc) is 2.39. The molecular formula is C15H13BrFNO2. The van der Waals surface area contributed by atoms with E-state index in [2.05, 4.69) is 21.2 Å². The van der Waals surface area contributed by atoms with E-state index in [9.17, 15) is 14.3 Å². The Balaban J connectivity index is 2.08. The fourth-order valence-corrected chi connectivity index (χ4v) is 2.23. The maximum atomic E-state index is 13.5. The number of anilines is 1. The molecule has 2 rings (SSSR count). The predicted molar refractivity (Wildman–Crippen MR) is 79.3 cm³/mol. The van der Waals surface area contributed by atoms with Crippen LogP contribution in [-0.2, 0) is 11.2 Å². The minimum absolute atomic E-state index is 0.153. The van der Waals surface area contributed by atoms with Crippen LogP contribution >= 0.6 is 15.9 Å². The summed E-state index contributed by atoms with van der Waals surface area (Å²) < 4.78 is 13.8. The van der Waals surface area contributed by atoms with Crippen LogP contribution in [0.25, 0.3) is 0 Å². The number of benzene rings is 2. The largest absolute Gasteiger partial charge is 0.508 e. The van der Waals surface area contributed by atoms with Crippen molar-refractivity contribution >= 4 is 27.5 Å². The number of nitrogens with one attached hydrogen (secondary N) is 1. The summed E-state index contributed by atoms with van der Waals surface area (Å²) in [7, 11) is 0. The van der Waals surface area contributed by atoms with E-state index in [0.29, 0.717) is 10.2 Å². The van der Waals surface area contributed by atoms with Gasteiger partial charge in [-0.05, 0) is 58.2 Å². The van der Waals surface area contributed by atoms with Crippen molar-refractivity contribution in [1.82, 2.24) is 0 Å². The van der Waals surface area contributed by atoms with E-state index < -0.39 is 5.82 Å². The summed E-state index contributed by atoms with van der Waals surface area (Å²) in [6, 6.07) is 9.29. The maximum absolute atomic E-state index is 13.5. The molecule has 0 bridgehead atoms. The molecule has 20 heavy (non-hydrogen) atoms. The van der Waals surface area contributed by atoms with Gasteiger partial charge in [-0.25, -0.2) is 4.39 Å². The summed E-state index contributed by atoms with van der Waals surface area (Å²) in [4.78, 5) is 11.9. The molecule has 0 saturated carbocycles. The molecule has 2 aromatic carbocycles. The third-order valence-electron chi connectivity index (χ3n) is 2.84. The van der Waals surface area contributed by atoms with Gasteiger partial charge in [-0.3, -0.25) is 4.79 Å². The minimum atomic E-state index is -0.421. The molecule has 0 atom stereocenters. The zero-order chi connectivity index (χ0) is 14.7. The Morgan fingerprint density at radius 2 is 1.95 bits per heavy atom. The van der Waals surface area contributed by atoms with Crippen molar-refractivity contribution < 1.29 is 14.3 Å². The Kier molecular flexibility index (Phi) is 4.39. The molecule has 104 valence electrons. The summed E-state index contributed by atoms with van der Waals surface area (Å²) >= 11 is 3.10. The molecule has 1 amide bonds. The van der Waals surface area contributed by atoms with E-state index in [4.69, 9.17) is 0 Å². The van der Waals surface area contributed by atoms with Crippen molar-refractivity contribution in [3.63, 3.8) is 0 Å². The molecule has 0 saturated heterocycles. The number of hydrogen-bond acceptors (Lipinski definition) is 2. The number of carbonyl (C=O) groups excluding carboxylic acids is 1. The molecule has 0 fully saturated rings. The van der Waals surface area contributed by atoms with Crippen LogP contribution in [0, 0.1) is 12.7 Å². The number of phenols is 1. The highest BCUT2D eigenvalue weighted by molar-refractivity contribution is 9.10. The van der Waals surface area contributed by atoms with Crippen LogP contribution < -0.4 is 5.32 Å². The lowest BCUT2D eigenvalue weighted by atomic mass is 10.1. The molecule has 0 aliphatic heterocycles. The monoisotopic (exact) mass is 337 g/mol. The van der Waals surface area contributed by atoms with Gasteiger partial charge in [0.15, 0.2) is 0 Å². The zero-order valence-corrected chi connectivity index (χ0v) is 12.4. The molecule has 2 aromatic rings. The lowest BCUT2D eigenvalue weighted by Crippen LogP contribution is -2.15. The first kappa shape index (κ1) is 14.5. The molecule has 0 radical (unpaired) electrons. The van der Waals surface area contributed by atoms with Crippen LogP contribution in [0.3, 0.4) is 0 Å². The fourth-order valence-electron chi connectivity index (χ4n) is 1.77. The summed E-state index contributed by atoms with van der Waals surface area (Å²) in [5.41, 5.74) is 2.00. The lowest BCUT2D eigenvalue weighted by molar-refractivity contribution is -0.115. The van der Waals surface area contributed by atoms with Crippen molar-refractivity contribution in [2.75, 3.05) is 5.32 Å². The van der Waals surface area contributed by atoms with E-state index in [1.54, 1.807) is 25.1 Å². The first-order valence-corrected chi connectivity index (χ1v) is 6.78. The van der Waals surface area contributed by atoms with Gasteiger partial charge in [0.25, 0.3) is 0 Å². The Hall–Kier alpha value is -1.88. The second-order valence-electron chi connectivity index (χ2n) is 4.47. The number of phenolic OH excluding ortho intramolecular Hbond substituents is 1. The van der Waals surface area contributed by atoms with Gasteiger partial charge in [0, 0.05) is 5.69 Å². The second kappa shape index (κ2) is 6.05. The van der Waals surface area contributed by atoms with Gasteiger partial charge in [-0.15, -0.1) is 0 Å². The van der Waals surface area contributed by atoms with E-state index >= 15 is 0 Å². The highest BCUT2D eigenvalue weighted by Crippen LogP contribution is 2.24. The highest BCUT2D eigenvalue weighted by Gasteiger charge is 2.09. The topological polar surface area (TPSA) is 49.3 Å². The van der Waals surface area contributed by atoms with Gasteiger partial charge in [0.05, 0.1) is 10.9 Å². The molecule has 0 unspecified atom stereocenters. The summed E-state index contributed by atoms with van der Waals surface area (Å²) in [6.45, 7) is 1.79. The Bertz CT molecular complexity index is 641. The van der Waals surface area contributed by atoms with Gasteiger partial charge in [0.1, 0.15) is 11.6 Å². The van der Waals surface area contributed by atoms with Gasteiger partial charge < -0.3 is 10.4 Å². The van der Waals surface area contributed by atoms with E-state index in [-0.39, 0.29) is 18.1 Å². The third-order valence-corrected chi connectivity index (χ3v) is 3.45. The molecule has 0 heterocycles. The number of amides is 1. The molecule has 3 nitrogen and oxygen atoms in total. The second-order valence-corrected chi connectivity index (χ2v) is 5.33. The first-order valence-electron chi connectivity index (χ1n) is 5.99. The van der Waals surface area contributed by atoms with Crippen LogP contribution in [0.15, 0.2) is 40.9 Å². The molecule has 0 aliphatic rings. The third kappa shape index (κ3) is 3.57. The van der Waals surface area contributed by atoms with Gasteiger partial charge in [-0.1, -0.05) is 12.1 Å². The standard InChI is InChI=1S/C15H13BrFNO2/c1-9-6-12(16)13(17)8-14(9)18-15(20)7-10-2-4-11(19)5-3-10/h2-6,8,19H,7H2,1H3,(H,18,20).